The smallest absolute Gasteiger partial charge is 0.233 e. The average Bonchev–Trinajstić information content (AvgIpc) is 3.29. The van der Waals surface area contributed by atoms with Crippen LogP contribution in [-0.2, 0) is 21.2 Å². The van der Waals surface area contributed by atoms with Crippen LogP contribution in [0, 0.1) is 5.92 Å². The minimum absolute atomic E-state index is 0.0419. The highest BCUT2D eigenvalue weighted by molar-refractivity contribution is 8.01. The zero-order chi connectivity index (χ0) is 20.9. The van der Waals surface area contributed by atoms with E-state index in [0.717, 1.165) is 9.90 Å². The van der Waals surface area contributed by atoms with Crippen molar-refractivity contribution in [3.8, 4) is 0 Å². The van der Waals surface area contributed by atoms with Gasteiger partial charge in [0.2, 0.25) is 11.0 Å². The fourth-order valence-electron chi connectivity index (χ4n) is 3.19. The van der Waals surface area contributed by atoms with E-state index in [-0.39, 0.29) is 35.1 Å². The predicted molar refractivity (Wildman–Crippen MR) is 118 cm³/mol. The number of benzene rings is 1. The summed E-state index contributed by atoms with van der Waals surface area (Å²) in [4.78, 5) is 14.6. The summed E-state index contributed by atoms with van der Waals surface area (Å²) < 4.78 is 24.4. The van der Waals surface area contributed by atoms with Crippen LogP contribution in [0.15, 0.2) is 34.7 Å². The lowest BCUT2D eigenvalue weighted by Gasteiger charge is -2.29. The van der Waals surface area contributed by atoms with Gasteiger partial charge in [-0.2, -0.15) is 0 Å². The Morgan fingerprint density at radius 1 is 1.31 bits per heavy atom. The third-order valence-corrected chi connectivity index (χ3v) is 8.29. The summed E-state index contributed by atoms with van der Waals surface area (Å²) in [5.41, 5.74) is 1.16. The number of thioether (sulfide) groups is 1. The van der Waals surface area contributed by atoms with E-state index in [1.807, 2.05) is 44.2 Å². The van der Waals surface area contributed by atoms with Crippen LogP contribution < -0.4 is 5.32 Å². The SMILES string of the molecule is CC(C)CN(C(=O)CSc1nnc(NCc2ccccc2)s1)C1CCS(=O)(=O)C1. The second-order valence-corrected chi connectivity index (χ2v) is 11.9. The molecular formula is C19H26N4O3S3. The number of carbonyl (C=O) groups excluding carboxylic acids is 1. The lowest BCUT2D eigenvalue weighted by Crippen LogP contribution is -2.44. The second-order valence-electron chi connectivity index (χ2n) is 7.50. The lowest BCUT2D eigenvalue weighted by molar-refractivity contribution is -0.130. The molecule has 2 aromatic rings. The average molecular weight is 455 g/mol. The second kappa shape index (κ2) is 9.90. The van der Waals surface area contributed by atoms with Gasteiger partial charge in [-0.15, -0.1) is 10.2 Å². The number of nitrogens with zero attached hydrogens (tertiary/aromatic N) is 3. The van der Waals surface area contributed by atoms with Crippen molar-refractivity contribution in [2.75, 3.05) is 29.1 Å². The van der Waals surface area contributed by atoms with Crippen molar-refractivity contribution in [2.45, 2.75) is 37.2 Å². The topological polar surface area (TPSA) is 92.3 Å². The molecule has 1 N–H and O–H groups in total. The summed E-state index contributed by atoms with van der Waals surface area (Å²) in [6, 6.07) is 9.81. The number of sulfone groups is 1. The summed E-state index contributed by atoms with van der Waals surface area (Å²) >= 11 is 2.76. The Morgan fingerprint density at radius 2 is 2.07 bits per heavy atom. The van der Waals surface area contributed by atoms with Crippen LogP contribution in [0.4, 0.5) is 5.13 Å². The van der Waals surface area contributed by atoms with Crippen LogP contribution in [-0.4, -0.2) is 59.3 Å². The van der Waals surface area contributed by atoms with Gasteiger partial charge in [-0.25, -0.2) is 8.42 Å². The predicted octanol–water partition coefficient (Wildman–Crippen LogP) is 2.91. The zero-order valence-corrected chi connectivity index (χ0v) is 19.0. The monoisotopic (exact) mass is 454 g/mol. The molecule has 1 atom stereocenters. The molecule has 1 aliphatic rings. The van der Waals surface area contributed by atoms with Crippen molar-refractivity contribution in [3.05, 3.63) is 35.9 Å². The van der Waals surface area contributed by atoms with Gasteiger partial charge in [0, 0.05) is 19.1 Å². The Morgan fingerprint density at radius 3 is 2.72 bits per heavy atom. The Kier molecular flexibility index (Phi) is 7.53. The van der Waals surface area contributed by atoms with Gasteiger partial charge in [0.25, 0.3) is 0 Å². The summed E-state index contributed by atoms with van der Waals surface area (Å²) in [5.74, 6) is 0.709. The van der Waals surface area contributed by atoms with Gasteiger partial charge < -0.3 is 10.2 Å². The van der Waals surface area contributed by atoms with Crippen LogP contribution in [0.3, 0.4) is 0 Å². The molecule has 1 unspecified atom stereocenters. The fraction of sp³-hybridized carbons (Fsp3) is 0.526. The van der Waals surface area contributed by atoms with Gasteiger partial charge in [-0.1, -0.05) is 67.3 Å². The molecule has 0 radical (unpaired) electrons. The lowest BCUT2D eigenvalue weighted by atomic mass is 10.1. The Hall–Kier alpha value is -1.65. The van der Waals surface area contributed by atoms with E-state index in [1.54, 1.807) is 4.90 Å². The minimum atomic E-state index is -3.03. The molecule has 0 bridgehead atoms. The van der Waals surface area contributed by atoms with Crippen LogP contribution in [0.1, 0.15) is 25.8 Å². The number of nitrogens with one attached hydrogen (secondary N) is 1. The van der Waals surface area contributed by atoms with Crippen molar-refractivity contribution >= 4 is 44.0 Å². The van der Waals surface area contributed by atoms with Gasteiger partial charge in [0.1, 0.15) is 0 Å². The number of amides is 1. The molecule has 10 heteroatoms. The molecule has 7 nitrogen and oxygen atoms in total. The molecule has 1 saturated heterocycles. The van der Waals surface area contributed by atoms with Gasteiger partial charge in [0.15, 0.2) is 14.2 Å². The van der Waals surface area contributed by atoms with E-state index in [0.29, 0.717) is 24.6 Å². The van der Waals surface area contributed by atoms with E-state index in [4.69, 9.17) is 0 Å². The van der Waals surface area contributed by atoms with Crippen molar-refractivity contribution in [1.82, 2.24) is 15.1 Å². The normalized spacial score (nSPS) is 18.1. The van der Waals surface area contributed by atoms with Crippen molar-refractivity contribution < 1.29 is 13.2 Å². The number of hydrogen-bond donors (Lipinski definition) is 1. The highest BCUT2D eigenvalue weighted by Gasteiger charge is 2.34. The van der Waals surface area contributed by atoms with Crippen LogP contribution in [0.25, 0.3) is 0 Å². The third-order valence-electron chi connectivity index (χ3n) is 4.54. The van der Waals surface area contributed by atoms with Gasteiger partial charge in [-0.05, 0) is 17.9 Å². The molecule has 1 amide bonds. The number of anilines is 1. The van der Waals surface area contributed by atoms with Gasteiger partial charge in [-0.3, -0.25) is 4.79 Å². The van der Waals surface area contributed by atoms with Crippen molar-refractivity contribution in [3.63, 3.8) is 0 Å². The molecule has 0 saturated carbocycles. The van der Waals surface area contributed by atoms with Gasteiger partial charge >= 0.3 is 0 Å². The largest absolute Gasteiger partial charge is 0.356 e. The fourth-order valence-corrected chi connectivity index (χ4v) is 6.55. The number of carbonyl (C=O) groups is 1. The van der Waals surface area contributed by atoms with Crippen LogP contribution in [0.2, 0.25) is 0 Å². The highest BCUT2D eigenvalue weighted by atomic mass is 32.2. The molecule has 29 heavy (non-hydrogen) atoms. The first-order valence-corrected chi connectivity index (χ1v) is 13.2. The number of hydrogen-bond acceptors (Lipinski definition) is 8. The standard InChI is InChI=1S/C19H26N4O3S3/c1-14(2)11-23(16-8-9-29(25,26)13-16)17(24)12-27-19-22-21-18(28-19)20-10-15-6-4-3-5-7-15/h3-7,14,16H,8-13H2,1-2H3,(H,20,21). The highest BCUT2D eigenvalue weighted by Crippen LogP contribution is 2.27. The molecule has 1 aliphatic heterocycles. The third kappa shape index (κ3) is 6.68. The molecule has 3 rings (SSSR count). The molecule has 158 valence electrons. The molecule has 0 spiro atoms. The summed E-state index contributed by atoms with van der Waals surface area (Å²) in [6.45, 7) is 5.30. The van der Waals surface area contributed by atoms with E-state index >= 15 is 0 Å². The van der Waals surface area contributed by atoms with Crippen molar-refractivity contribution in [1.29, 1.82) is 0 Å². The maximum absolute atomic E-state index is 12.8. The summed E-state index contributed by atoms with van der Waals surface area (Å²) in [5, 5.41) is 12.2. The number of aromatic nitrogens is 2. The van der Waals surface area contributed by atoms with E-state index < -0.39 is 9.84 Å². The molecular weight excluding hydrogens is 428 g/mol. The summed E-state index contributed by atoms with van der Waals surface area (Å²) in [7, 11) is -3.03. The maximum atomic E-state index is 12.8. The van der Waals surface area contributed by atoms with E-state index in [1.165, 1.54) is 23.1 Å². The van der Waals surface area contributed by atoms with Crippen molar-refractivity contribution in [2.24, 2.45) is 5.92 Å². The Labute approximate surface area is 180 Å². The number of rotatable bonds is 9. The molecule has 1 aromatic carbocycles. The molecule has 1 aromatic heterocycles. The Bertz CT molecular complexity index is 916. The quantitative estimate of drug-likeness (QED) is 0.582. The zero-order valence-electron chi connectivity index (χ0n) is 16.6. The minimum Gasteiger partial charge on any atom is -0.356 e. The van der Waals surface area contributed by atoms with Gasteiger partial charge in [0.05, 0.1) is 17.3 Å². The molecule has 0 aliphatic carbocycles. The maximum Gasteiger partial charge on any atom is 0.233 e. The van der Waals surface area contributed by atoms with E-state index in [2.05, 4.69) is 15.5 Å². The Balaban J connectivity index is 1.53. The summed E-state index contributed by atoms with van der Waals surface area (Å²) in [6.07, 6.45) is 0.526. The first kappa shape index (κ1) is 22.0. The van der Waals surface area contributed by atoms with Crippen LogP contribution >= 0.6 is 23.1 Å². The first-order chi connectivity index (χ1) is 13.8. The van der Waals surface area contributed by atoms with Crippen LogP contribution in [0.5, 0.6) is 0 Å². The van der Waals surface area contributed by atoms with E-state index in [9.17, 15) is 13.2 Å². The first-order valence-electron chi connectivity index (χ1n) is 9.56. The molecule has 2 heterocycles. The molecule has 1 fully saturated rings.